The van der Waals surface area contributed by atoms with Gasteiger partial charge in [-0.3, -0.25) is 14.4 Å². The predicted molar refractivity (Wildman–Crippen MR) is 85.3 cm³/mol. The molecule has 0 radical (unpaired) electrons. The minimum absolute atomic E-state index is 0.00113. The van der Waals surface area contributed by atoms with Crippen LogP contribution in [0.5, 0.6) is 0 Å². The number of carbonyl (C=O) groups excluding carboxylic acids is 2. The molecule has 0 aliphatic carbocycles. The number of carboxylic acid groups (broad SMARTS) is 1. The summed E-state index contributed by atoms with van der Waals surface area (Å²) < 4.78 is 37.5. The molecule has 1 aromatic carbocycles. The van der Waals surface area contributed by atoms with Crippen LogP contribution in [0.4, 0.5) is 13.2 Å². The molecule has 0 aromatic heterocycles. The molecule has 9 heteroatoms. The number of nitrogens with one attached hydrogen (secondary N) is 1. The smallest absolute Gasteiger partial charge is 0.416 e. The Hall–Kier alpha value is -2.58. The van der Waals surface area contributed by atoms with E-state index < -0.39 is 35.4 Å². The van der Waals surface area contributed by atoms with Crippen molar-refractivity contribution in [3.05, 3.63) is 35.4 Å². The van der Waals surface area contributed by atoms with Crippen LogP contribution in [-0.2, 0) is 15.8 Å². The Morgan fingerprint density at radius 3 is 2.35 bits per heavy atom. The fourth-order valence-corrected chi connectivity index (χ4v) is 2.91. The average Bonchev–Trinajstić information content (AvgIpc) is 2.58. The standard InChI is InChI=1S/C17H19F3N2O4/c1-10-6-12(16(25)26)9-22(8-10)14(23)7-21-15(24)11-2-4-13(5-3-11)17(18,19)20/h2-5,10,12H,6-9H2,1H3,(H,21,24)(H,25,26). The van der Waals surface area contributed by atoms with Crippen molar-refractivity contribution in [3.63, 3.8) is 0 Å². The summed E-state index contributed by atoms with van der Waals surface area (Å²) in [6.45, 7) is 1.97. The number of hydrogen-bond acceptors (Lipinski definition) is 3. The van der Waals surface area contributed by atoms with Gasteiger partial charge in [-0.1, -0.05) is 6.92 Å². The number of carbonyl (C=O) groups is 3. The molecule has 2 rings (SSSR count). The highest BCUT2D eigenvalue weighted by Gasteiger charge is 2.32. The molecule has 1 fully saturated rings. The van der Waals surface area contributed by atoms with E-state index in [1.54, 1.807) is 0 Å². The molecule has 2 atom stereocenters. The van der Waals surface area contributed by atoms with Gasteiger partial charge >= 0.3 is 12.1 Å². The number of amides is 2. The van der Waals surface area contributed by atoms with Crippen LogP contribution in [0.1, 0.15) is 29.3 Å². The molecule has 1 aromatic rings. The SMILES string of the molecule is CC1CC(C(=O)O)CN(C(=O)CNC(=O)c2ccc(C(F)(F)F)cc2)C1. The van der Waals surface area contributed by atoms with Crippen LogP contribution in [0, 0.1) is 11.8 Å². The number of alkyl halides is 3. The summed E-state index contributed by atoms with van der Waals surface area (Å²) >= 11 is 0. The predicted octanol–water partition coefficient (Wildman–Crippen LogP) is 2.00. The first kappa shape index (κ1) is 19.7. The molecule has 26 heavy (non-hydrogen) atoms. The zero-order chi connectivity index (χ0) is 19.5. The van der Waals surface area contributed by atoms with E-state index in [1.165, 1.54) is 4.90 Å². The number of hydrogen-bond donors (Lipinski definition) is 2. The van der Waals surface area contributed by atoms with Crippen LogP contribution in [0.15, 0.2) is 24.3 Å². The highest BCUT2D eigenvalue weighted by atomic mass is 19.4. The van der Waals surface area contributed by atoms with Crippen LogP contribution in [0.2, 0.25) is 0 Å². The molecule has 1 aliphatic rings. The number of benzene rings is 1. The molecular formula is C17H19F3N2O4. The number of carboxylic acids is 1. The molecule has 0 bridgehead atoms. The van der Waals surface area contributed by atoms with Crippen molar-refractivity contribution in [2.45, 2.75) is 19.5 Å². The van der Waals surface area contributed by atoms with E-state index in [-0.39, 0.29) is 24.6 Å². The molecule has 2 unspecified atom stereocenters. The zero-order valence-electron chi connectivity index (χ0n) is 14.0. The highest BCUT2D eigenvalue weighted by Crippen LogP contribution is 2.29. The quantitative estimate of drug-likeness (QED) is 0.847. The third-order valence-electron chi connectivity index (χ3n) is 4.24. The Morgan fingerprint density at radius 1 is 1.19 bits per heavy atom. The maximum atomic E-state index is 12.5. The van der Waals surface area contributed by atoms with Gasteiger partial charge in [-0.05, 0) is 36.6 Å². The molecule has 142 valence electrons. The van der Waals surface area contributed by atoms with Gasteiger partial charge in [0.25, 0.3) is 5.91 Å². The fourth-order valence-electron chi connectivity index (χ4n) is 2.91. The molecule has 6 nitrogen and oxygen atoms in total. The van der Waals surface area contributed by atoms with Crippen molar-refractivity contribution in [2.24, 2.45) is 11.8 Å². The lowest BCUT2D eigenvalue weighted by atomic mass is 9.90. The highest BCUT2D eigenvalue weighted by molar-refractivity contribution is 5.96. The van der Waals surface area contributed by atoms with E-state index in [0.717, 1.165) is 24.3 Å². The van der Waals surface area contributed by atoms with Gasteiger partial charge in [-0.25, -0.2) is 0 Å². The monoisotopic (exact) mass is 372 g/mol. The first-order valence-electron chi connectivity index (χ1n) is 8.04. The van der Waals surface area contributed by atoms with E-state index in [9.17, 15) is 27.6 Å². The first-order chi connectivity index (χ1) is 12.1. The third-order valence-corrected chi connectivity index (χ3v) is 4.24. The number of likely N-dealkylation sites (tertiary alicyclic amines) is 1. The van der Waals surface area contributed by atoms with Crippen LogP contribution < -0.4 is 5.32 Å². The van der Waals surface area contributed by atoms with Crippen molar-refractivity contribution in [1.29, 1.82) is 0 Å². The topological polar surface area (TPSA) is 86.7 Å². The lowest BCUT2D eigenvalue weighted by Gasteiger charge is -2.34. The maximum Gasteiger partial charge on any atom is 0.416 e. The fraction of sp³-hybridized carbons (Fsp3) is 0.471. The minimum atomic E-state index is -4.49. The van der Waals surface area contributed by atoms with E-state index >= 15 is 0 Å². The normalized spacial score (nSPS) is 20.5. The van der Waals surface area contributed by atoms with Gasteiger partial charge < -0.3 is 15.3 Å². The van der Waals surface area contributed by atoms with Gasteiger partial charge in [0.2, 0.25) is 5.91 Å². The summed E-state index contributed by atoms with van der Waals surface area (Å²) in [6.07, 6.45) is -4.01. The average molecular weight is 372 g/mol. The Bertz CT molecular complexity index is 688. The van der Waals surface area contributed by atoms with Crippen LogP contribution in [0.25, 0.3) is 0 Å². The Morgan fingerprint density at radius 2 is 1.81 bits per heavy atom. The van der Waals surface area contributed by atoms with Crippen molar-refractivity contribution in [1.82, 2.24) is 10.2 Å². The van der Waals surface area contributed by atoms with Crippen LogP contribution in [0.3, 0.4) is 0 Å². The van der Waals surface area contributed by atoms with E-state index in [1.807, 2.05) is 6.92 Å². The molecular weight excluding hydrogens is 353 g/mol. The first-order valence-corrected chi connectivity index (χ1v) is 8.04. The molecule has 1 aliphatic heterocycles. The molecule has 0 spiro atoms. The molecule has 2 N–H and O–H groups in total. The molecule has 0 saturated carbocycles. The second-order valence-electron chi connectivity index (χ2n) is 6.43. The lowest BCUT2D eigenvalue weighted by molar-refractivity contribution is -0.146. The number of aliphatic carboxylic acids is 1. The third kappa shape index (κ3) is 4.96. The lowest BCUT2D eigenvalue weighted by Crippen LogP contribution is -2.48. The second-order valence-corrected chi connectivity index (χ2v) is 6.43. The Labute approximate surface area is 148 Å². The second kappa shape index (κ2) is 7.76. The molecule has 1 heterocycles. The zero-order valence-corrected chi connectivity index (χ0v) is 14.0. The summed E-state index contributed by atoms with van der Waals surface area (Å²) in [4.78, 5) is 36.7. The van der Waals surface area contributed by atoms with Crippen molar-refractivity contribution >= 4 is 17.8 Å². The number of halogens is 3. The van der Waals surface area contributed by atoms with Crippen LogP contribution in [-0.4, -0.2) is 47.4 Å². The number of piperidine rings is 1. The van der Waals surface area contributed by atoms with Gasteiger partial charge in [0.15, 0.2) is 0 Å². The van der Waals surface area contributed by atoms with Gasteiger partial charge in [0.05, 0.1) is 18.0 Å². The summed E-state index contributed by atoms with van der Waals surface area (Å²) in [5.41, 5.74) is -0.867. The largest absolute Gasteiger partial charge is 0.481 e. The van der Waals surface area contributed by atoms with Gasteiger partial charge in [-0.15, -0.1) is 0 Å². The summed E-state index contributed by atoms with van der Waals surface area (Å²) in [5, 5.41) is 11.5. The van der Waals surface area contributed by atoms with Crippen molar-refractivity contribution < 1.29 is 32.7 Å². The minimum Gasteiger partial charge on any atom is -0.481 e. The van der Waals surface area contributed by atoms with Crippen LogP contribution >= 0.6 is 0 Å². The summed E-state index contributed by atoms with van der Waals surface area (Å²) in [7, 11) is 0. The van der Waals surface area contributed by atoms with E-state index in [4.69, 9.17) is 5.11 Å². The van der Waals surface area contributed by atoms with Gasteiger partial charge in [0, 0.05) is 18.7 Å². The Balaban J connectivity index is 1.92. The Kier molecular flexibility index (Phi) is 5.89. The molecule has 1 saturated heterocycles. The number of nitrogens with zero attached hydrogens (tertiary/aromatic N) is 1. The van der Waals surface area contributed by atoms with Crippen molar-refractivity contribution in [3.8, 4) is 0 Å². The molecule has 2 amide bonds. The van der Waals surface area contributed by atoms with Gasteiger partial charge in [0.1, 0.15) is 0 Å². The summed E-state index contributed by atoms with van der Waals surface area (Å²) in [6, 6.07) is 3.65. The van der Waals surface area contributed by atoms with E-state index in [0.29, 0.717) is 13.0 Å². The van der Waals surface area contributed by atoms with E-state index in [2.05, 4.69) is 5.32 Å². The van der Waals surface area contributed by atoms with Crippen molar-refractivity contribution in [2.75, 3.05) is 19.6 Å². The maximum absolute atomic E-state index is 12.5. The van der Waals surface area contributed by atoms with Gasteiger partial charge in [-0.2, -0.15) is 13.2 Å². The summed E-state index contributed by atoms with van der Waals surface area (Å²) in [5.74, 6) is -2.69. The number of rotatable bonds is 4.